The van der Waals surface area contributed by atoms with Crippen LogP contribution in [0.4, 0.5) is 5.69 Å². The molecule has 0 aromatic heterocycles. The molecule has 10 nitrogen and oxygen atoms in total. The fraction of sp³-hybridized carbons (Fsp3) is 0.429. The third-order valence-corrected chi connectivity index (χ3v) is 4.64. The van der Waals surface area contributed by atoms with Crippen molar-refractivity contribution < 1.29 is 28.7 Å². The van der Waals surface area contributed by atoms with Crippen molar-refractivity contribution in [3.63, 3.8) is 0 Å². The lowest BCUT2D eigenvalue weighted by Gasteiger charge is -2.30. The Labute approximate surface area is 179 Å². The van der Waals surface area contributed by atoms with Gasteiger partial charge in [0.05, 0.1) is 23.7 Å². The highest BCUT2D eigenvalue weighted by molar-refractivity contribution is 6.07. The first-order valence-corrected chi connectivity index (χ1v) is 9.71. The molecule has 164 valence electrons. The predicted octanol–water partition coefficient (Wildman–Crippen LogP) is 2.69. The SMILES string of the molecule is CCOCCOC(=O)C1C(C)=NC(C#N)=C(C(=O)OCC)C1c1ccccc1[N+](=O)[O-]. The van der Waals surface area contributed by atoms with Crippen LogP contribution in [0, 0.1) is 27.4 Å². The molecule has 1 aliphatic rings. The topological polar surface area (TPSA) is 141 Å². The fourth-order valence-corrected chi connectivity index (χ4v) is 3.37. The molecule has 0 N–H and O–H groups in total. The Bertz CT molecular complexity index is 962. The maximum atomic E-state index is 13.0. The third-order valence-electron chi connectivity index (χ3n) is 4.64. The van der Waals surface area contributed by atoms with Gasteiger partial charge in [0.1, 0.15) is 18.6 Å². The normalized spacial score (nSPS) is 18.1. The molecule has 1 aromatic rings. The average molecular weight is 429 g/mol. The number of nitrogens with zero attached hydrogens (tertiary/aromatic N) is 3. The van der Waals surface area contributed by atoms with E-state index in [1.54, 1.807) is 19.9 Å². The second-order valence-electron chi connectivity index (χ2n) is 6.48. The first kappa shape index (κ1) is 23.7. The molecular formula is C21H23N3O7. The Morgan fingerprint density at radius 1 is 1.19 bits per heavy atom. The smallest absolute Gasteiger partial charge is 0.337 e. The van der Waals surface area contributed by atoms with Crippen molar-refractivity contribution in [3.8, 4) is 6.07 Å². The zero-order chi connectivity index (χ0) is 23.0. The molecule has 31 heavy (non-hydrogen) atoms. The zero-order valence-electron chi connectivity index (χ0n) is 17.5. The van der Waals surface area contributed by atoms with Crippen molar-refractivity contribution in [2.75, 3.05) is 26.4 Å². The number of nitro benzene ring substituents is 1. The number of hydrogen-bond donors (Lipinski definition) is 0. The van der Waals surface area contributed by atoms with Crippen LogP contribution in [0.2, 0.25) is 0 Å². The molecule has 2 rings (SSSR count). The van der Waals surface area contributed by atoms with E-state index in [2.05, 4.69) is 4.99 Å². The van der Waals surface area contributed by atoms with E-state index >= 15 is 0 Å². The third kappa shape index (κ3) is 5.32. The molecule has 1 heterocycles. The molecular weight excluding hydrogens is 406 g/mol. The minimum Gasteiger partial charge on any atom is -0.463 e. The lowest BCUT2D eigenvalue weighted by atomic mass is 9.75. The van der Waals surface area contributed by atoms with Gasteiger partial charge in [-0.05, 0) is 20.8 Å². The standard InChI is InChI=1S/C21H23N3O7/c1-4-29-10-11-31-20(25)17-13(3)23-15(12-22)19(21(26)30-5-2)18(17)14-8-6-7-9-16(14)24(27)28/h6-9,17-18H,4-5,10-11H2,1-3H3. The van der Waals surface area contributed by atoms with Crippen LogP contribution in [0.5, 0.6) is 0 Å². The number of aliphatic imine (C=N–C) groups is 1. The largest absolute Gasteiger partial charge is 0.463 e. The molecule has 2 unspecified atom stereocenters. The van der Waals surface area contributed by atoms with E-state index in [0.717, 1.165) is 0 Å². The number of carbonyl (C=O) groups is 2. The van der Waals surface area contributed by atoms with Gasteiger partial charge in [-0.25, -0.2) is 9.79 Å². The van der Waals surface area contributed by atoms with Crippen LogP contribution in [-0.4, -0.2) is 49.0 Å². The van der Waals surface area contributed by atoms with Crippen molar-refractivity contribution in [2.45, 2.75) is 26.7 Å². The van der Waals surface area contributed by atoms with E-state index in [1.807, 2.05) is 6.07 Å². The number of ether oxygens (including phenoxy) is 3. The second kappa shape index (κ2) is 11.0. The first-order chi connectivity index (χ1) is 14.9. The highest BCUT2D eigenvalue weighted by Crippen LogP contribution is 2.43. The summed E-state index contributed by atoms with van der Waals surface area (Å²) in [4.78, 5) is 40.9. The highest BCUT2D eigenvalue weighted by atomic mass is 16.6. The number of hydrogen-bond acceptors (Lipinski definition) is 9. The Morgan fingerprint density at radius 3 is 2.52 bits per heavy atom. The van der Waals surface area contributed by atoms with Crippen molar-refractivity contribution in [3.05, 3.63) is 51.2 Å². The van der Waals surface area contributed by atoms with E-state index < -0.39 is 28.7 Å². The lowest BCUT2D eigenvalue weighted by molar-refractivity contribution is -0.385. The number of nitriles is 1. The van der Waals surface area contributed by atoms with Crippen LogP contribution >= 0.6 is 0 Å². The summed E-state index contributed by atoms with van der Waals surface area (Å²) < 4.78 is 15.5. The van der Waals surface area contributed by atoms with Crippen molar-refractivity contribution >= 4 is 23.3 Å². The van der Waals surface area contributed by atoms with Gasteiger partial charge < -0.3 is 14.2 Å². The number of benzene rings is 1. The van der Waals surface area contributed by atoms with Crippen LogP contribution in [0.3, 0.4) is 0 Å². The Hall–Kier alpha value is -3.58. The summed E-state index contributed by atoms with van der Waals surface area (Å²) in [5.41, 5.74) is -0.472. The molecule has 0 amide bonds. The quantitative estimate of drug-likeness (QED) is 0.252. The van der Waals surface area contributed by atoms with Crippen molar-refractivity contribution in [1.29, 1.82) is 5.26 Å². The summed E-state index contributed by atoms with van der Waals surface area (Å²) in [6, 6.07) is 7.57. The van der Waals surface area contributed by atoms with Gasteiger partial charge in [-0.1, -0.05) is 18.2 Å². The van der Waals surface area contributed by atoms with Gasteiger partial charge in [-0.3, -0.25) is 14.9 Å². The maximum Gasteiger partial charge on any atom is 0.337 e. The molecule has 0 saturated carbocycles. The van der Waals surface area contributed by atoms with Gasteiger partial charge in [-0.15, -0.1) is 0 Å². The summed E-state index contributed by atoms with van der Waals surface area (Å²) in [5, 5.41) is 21.2. The maximum absolute atomic E-state index is 13.0. The first-order valence-electron chi connectivity index (χ1n) is 9.71. The number of nitro groups is 1. The number of esters is 2. The fourth-order valence-electron chi connectivity index (χ4n) is 3.37. The predicted molar refractivity (Wildman–Crippen MR) is 109 cm³/mol. The minimum absolute atomic E-state index is 0.0107. The second-order valence-corrected chi connectivity index (χ2v) is 6.48. The number of rotatable bonds is 9. The molecule has 1 aliphatic heterocycles. The van der Waals surface area contributed by atoms with Gasteiger partial charge in [-0.2, -0.15) is 5.26 Å². The van der Waals surface area contributed by atoms with E-state index in [1.165, 1.54) is 25.1 Å². The molecule has 1 aromatic carbocycles. The van der Waals surface area contributed by atoms with Gasteiger partial charge in [0.2, 0.25) is 0 Å². The molecule has 0 aliphatic carbocycles. The molecule has 0 fully saturated rings. The number of para-hydroxylation sites is 1. The molecule has 2 atom stereocenters. The summed E-state index contributed by atoms with van der Waals surface area (Å²) in [7, 11) is 0. The van der Waals surface area contributed by atoms with Crippen molar-refractivity contribution in [2.24, 2.45) is 10.9 Å². The van der Waals surface area contributed by atoms with E-state index in [0.29, 0.717) is 6.61 Å². The van der Waals surface area contributed by atoms with Crippen LogP contribution in [-0.2, 0) is 23.8 Å². The van der Waals surface area contributed by atoms with Crippen LogP contribution < -0.4 is 0 Å². The number of allylic oxidation sites excluding steroid dienone is 1. The van der Waals surface area contributed by atoms with Crippen LogP contribution in [0.25, 0.3) is 0 Å². The van der Waals surface area contributed by atoms with E-state index in [9.17, 15) is 25.0 Å². The van der Waals surface area contributed by atoms with Crippen LogP contribution in [0.1, 0.15) is 32.3 Å². The monoisotopic (exact) mass is 429 g/mol. The molecule has 0 bridgehead atoms. The molecule has 0 spiro atoms. The van der Waals surface area contributed by atoms with E-state index in [-0.39, 0.29) is 48.1 Å². The summed E-state index contributed by atoms with van der Waals surface area (Å²) in [6.07, 6.45) is 0. The number of carbonyl (C=O) groups excluding carboxylic acids is 2. The van der Waals surface area contributed by atoms with Gasteiger partial charge >= 0.3 is 11.9 Å². The molecule has 0 radical (unpaired) electrons. The van der Waals surface area contributed by atoms with E-state index in [4.69, 9.17) is 14.2 Å². The Balaban J connectivity index is 2.64. The highest BCUT2D eigenvalue weighted by Gasteiger charge is 2.45. The van der Waals surface area contributed by atoms with Crippen molar-refractivity contribution in [1.82, 2.24) is 0 Å². The van der Waals surface area contributed by atoms with Crippen LogP contribution in [0.15, 0.2) is 40.5 Å². The molecule has 10 heteroatoms. The average Bonchev–Trinajstić information content (AvgIpc) is 2.75. The van der Waals surface area contributed by atoms with Gasteiger partial charge in [0.15, 0.2) is 5.70 Å². The summed E-state index contributed by atoms with van der Waals surface area (Å²) >= 11 is 0. The minimum atomic E-state index is -1.17. The summed E-state index contributed by atoms with van der Waals surface area (Å²) in [5.74, 6) is -3.93. The van der Waals surface area contributed by atoms with Gasteiger partial charge in [0.25, 0.3) is 5.69 Å². The zero-order valence-corrected chi connectivity index (χ0v) is 17.5. The molecule has 0 saturated heterocycles. The Morgan fingerprint density at radius 2 is 1.90 bits per heavy atom. The summed E-state index contributed by atoms with van der Waals surface area (Å²) in [6.45, 7) is 5.48. The van der Waals surface area contributed by atoms with Gasteiger partial charge in [0, 0.05) is 29.9 Å². The lowest BCUT2D eigenvalue weighted by Crippen LogP contribution is -2.37. The Kier molecular flexibility index (Phi) is 8.40.